The maximum absolute atomic E-state index is 12.2. The fourth-order valence-corrected chi connectivity index (χ4v) is 2.39. The summed E-state index contributed by atoms with van der Waals surface area (Å²) in [6, 6.07) is 8.67. The molecule has 0 unspecified atom stereocenters. The molecule has 3 rings (SSSR count). The van der Waals surface area contributed by atoms with E-state index in [9.17, 15) is 13.2 Å². The van der Waals surface area contributed by atoms with Gasteiger partial charge in [0.1, 0.15) is 11.5 Å². The Morgan fingerprint density at radius 2 is 1.81 bits per heavy atom. The monoisotopic (exact) mass is 364 g/mol. The second-order valence-corrected chi connectivity index (χ2v) is 5.21. The van der Waals surface area contributed by atoms with Gasteiger partial charge in [-0.25, -0.2) is 4.98 Å². The van der Waals surface area contributed by atoms with Crippen LogP contribution in [0.25, 0.3) is 5.57 Å². The normalized spacial score (nSPS) is 14.0. The molecule has 1 aliphatic rings. The lowest BCUT2D eigenvalue weighted by Gasteiger charge is -2.18. The second-order valence-electron chi connectivity index (χ2n) is 5.21. The van der Waals surface area contributed by atoms with Gasteiger partial charge in [-0.05, 0) is 36.4 Å². The highest BCUT2D eigenvalue weighted by atomic mass is 19.4. The highest BCUT2D eigenvalue weighted by Crippen LogP contribution is 2.32. The highest BCUT2D eigenvalue weighted by molar-refractivity contribution is 5.79. The number of hydrogen-bond donors (Lipinski definition) is 1. The first-order valence-electron chi connectivity index (χ1n) is 7.64. The van der Waals surface area contributed by atoms with Crippen LogP contribution in [0.4, 0.5) is 13.2 Å². The van der Waals surface area contributed by atoms with Gasteiger partial charge in [0.05, 0.1) is 7.11 Å². The molecule has 0 fully saturated rings. The van der Waals surface area contributed by atoms with Gasteiger partial charge in [-0.15, -0.1) is 13.2 Å². The topological polar surface area (TPSA) is 52.6 Å². The zero-order valence-corrected chi connectivity index (χ0v) is 13.7. The molecule has 1 aromatic carbocycles. The smallest absolute Gasteiger partial charge is 0.482 e. The van der Waals surface area contributed by atoms with Crippen LogP contribution in [-0.2, 0) is 4.74 Å². The maximum atomic E-state index is 12.2. The van der Waals surface area contributed by atoms with E-state index in [1.165, 1.54) is 24.3 Å². The number of aromatic nitrogens is 1. The van der Waals surface area contributed by atoms with Gasteiger partial charge >= 0.3 is 6.36 Å². The Balaban J connectivity index is 1.85. The lowest BCUT2D eigenvalue weighted by molar-refractivity contribution is -0.274. The summed E-state index contributed by atoms with van der Waals surface area (Å²) in [5, 5.41) is 3.10. The molecular formula is C18H15F3N2O3. The Morgan fingerprint density at radius 1 is 1.08 bits per heavy atom. The van der Waals surface area contributed by atoms with Gasteiger partial charge in [0.15, 0.2) is 5.88 Å². The third-order valence-electron chi connectivity index (χ3n) is 3.45. The fraction of sp³-hybridized carbons (Fsp3) is 0.167. The maximum Gasteiger partial charge on any atom is 0.573 e. The summed E-state index contributed by atoms with van der Waals surface area (Å²) in [6.45, 7) is 0.643. The zero-order chi connectivity index (χ0) is 18.6. The minimum atomic E-state index is -4.74. The number of alkyl halides is 3. The van der Waals surface area contributed by atoms with Crippen molar-refractivity contribution in [3.8, 4) is 17.4 Å². The third kappa shape index (κ3) is 4.27. The molecule has 2 aromatic rings. The van der Waals surface area contributed by atoms with Crippen molar-refractivity contribution in [3.05, 3.63) is 66.2 Å². The van der Waals surface area contributed by atoms with Crippen LogP contribution in [-0.4, -0.2) is 25.0 Å². The van der Waals surface area contributed by atoms with Gasteiger partial charge in [0.2, 0.25) is 5.88 Å². The number of nitrogens with zero attached hydrogens (tertiary/aromatic N) is 1. The van der Waals surface area contributed by atoms with Crippen molar-refractivity contribution in [1.82, 2.24) is 10.3 Å². The van der Waals surface area contributed by atoms with Gasteiger partial charge in [-0.1, -0.05) is 12.2 Å². The first-order chi connectivity index (χ1) is 12.5. The average Bonchev–Trinajstić information content (AvgIpc) is 2.63. The van der Waals surface area contributed by atoms with Crippen LogP contribution in [0, 0.1) is 0 Å². The summed E-state index contributed by atoms with van der Waals surface area (Å²) < 4.78 is 51.6. The molecule has 0 amide bonds. The van der Waals surface area contributed by atoms with E-state index in [4.69, 9.17) is 9.47 Å². The Morgan fingerprint density at radius 3 is 2.50 bits per heavy atom. The minimum Gasteiger partial charge on any atom is -0.482 e. The minimum absolute atomic E-state index is 0.301. The van der Waals surface area contributed by atoms with Crippen LogP contribution in [0.15, 0.2) is 60.6 Å². The third-order valence-corrected chi connectivity index (χ3v) is 3.45. The van der Waals surface area contributed by atoms with E-state index in [-0.39, 0.29) is 5.75 Å². The zero-order valence-electron chi connectivity index (χ0n) is 13.7. The van der Waals surface area contributed by atoms with Crippen LogP contribution >= 0.6 is 0 Å². The summed E-state index contributed by atoms with van der Waals surface area (Å²) in [5.74, 6) is 0.885. The lowest BCUT2D eigenvalue weighted by atomic mass is 10.1. The molecule has 5 nitrogen and oxygen atoms in total. The van der Waals surface area contributed by atoms with Gasteiger partial charge in [-0.3, -0.25) is 0 Å². The number of benzene rings is 1. The number of halogens is 3. The van der Waals surface area contributed by atoms with Gasteiger partial charge in [0, 0.05) is 23.9 Å². The molecule has 0 aliphatic carbocycles. The van der Waals surface area contributed by atoms with Crippen molar-refractivity contribution in [2.75, 3.05) is 13.7 Å². The molecule has 8 heteroatoms. The molecular weight excluding hydrogens is 349 g/mol. The van der Waals surface area contributed by atoms with Crippen LogP contribution in [0.2, 0.25) is 0 Å². The number of pyridine rings is 1. The van der Waals surface area contributed by atoms with E-state index < -0.39 is 6.36 Å². The Labute approximate surface area is 147 Å². The molecule has 0 saturated heterocycles. The van der Waals surface area contributed by atoms with E-state index >= 15 is 0 Å². The number of ether oxygens (including phenoxy) is 3. The van der Waals surface area contributed by atoms with Crippen LogP contribution in [0.1, 0.15) is 5.56 Å². The molecule has 0 saturated carbocycles. The van der Waals surface area contributed by atoms with Crippen molar-refractivity contribution < 1.29 is 27.4 Å². The van der Waals surface area contributed by atoms with E-state index in [0.717, 1.165) is 5.57 Å². The molecule has 136 valence electrons. The molecule has 0 bridgehead atoms. The van der Waals surface area contributed by atoms with E-state index in [1.807, 2.05) is 18.2 Å². The molecule has 1 N–H and O–H groups in total. The molecule has 0 atom stereocenters. The summed E-state index contributed by atoms with van der Waals surface area (Å²) in [4.78, 5) is 4.21. The van der Waals surface area contributed by atoms with Crippen molar-refractivity contribution in [2.45, 2.75) is 6.36 Å². The predicted octanol–water partition coefficient (Wildman–Crippen LogP) is 4.25. The molecule has 26 heavy (non-hydrogen) atoms. The first-order valence-corrected chi connectivity index (χ1v) is 7.64. The summed E-state index contributed by atoms with van der Waals surface area (Å²) in [6.07, 6.45) is 0.643. The largest absolute Gasteiger partial charge is 0.573 e. The van der Waals surface area contributed by atoms with Crippen LogP contribution in [0.3, 0.4) is 0 Å². The number of methoxy groups -OCH3 is 1. The molecule has 0 spiro atoms. The summed E-state index contributed by atoms with van der Waals surface area (Å²) in [5.41, 5.74) is 1.45. The molecule has 2 heterocycles. The Kier molecular flexibility index (Phi) is 5.01. The van der Waals surface area contributed by atoms with Gasteiger partial charge < -0.3 is 19.5 Å². The number of rotatable bonds is 5. The Bertz CT molecular complexity index is 830. The summed E-state index contributed by atoms with van der Waals surface area (Å²) in [7, 11) is 1.55. The fourth-order valence-electron chi connectivity index (χ4n) is 2.39. The van der Waals surface area contributed by atoms with Crippen molar-refractivity contribution in [1.29, 1.82) is 0 Å². The SMILES string of the molecule is COC1=C(c2cccnc2Oc2ccc(OC(F)(F)F)cc2)C=CCN1. The standard InChI is InChI=1S/C18H15F3N2O3/c1-24-16-14(4-2-10-22-16)15-5-3-11-23-17(15)25-12-6-8-13(9-7-12)26-18(19,20)21/h2-9,11,22H,10H2,1H3. The van der Waals surface area contributed by atoms with Gasteiger partial charge in [0.25, 0.3) is 0 Å². The molecule has 1 aliphatic heterocycles. The van der Waals surface area contributed by atoms with E-state index in [2.05, 4.69) is 15.0 Å². The summed E-state index contributed by atoms with van der Waals surface area (Å²) >= 11 is 0. The number of allylic oxidation sites excluding steroid dienone is 2. The van der Waals surface area contributed by atoms with Crippen molar-refractivity contribution in [2.24, 2.45) is 0 Å². The quantitative estimate of drug-likeness (QED) is 0.860. The highest BCUT2D eigenvalue weighted by Gasteiger charge is 2.31. The van der Waals surface area contributed by atoms with Crippen molar-refractivity contribution in [3.63, 3.8) is 0 Å². The van der Waals surface area contributed by atoms with Crippen molar-refractivity contribution >= 4 is 5.57 Å². The second kappa shape index (κ2) is 7.38. The number of hydrogen-bond acceptors (Lipinski definition) is 5. The first kappa shape index (κ1) is 17.7. The molecule has 1 aromatic heterocycles. The average molecular weight is 364 g/mol. The number of nitrogens with one attached hydrogen (secondary N) is 1. The van der Waals surface area contributed by atoms with E-state index in [1.54, 1.807) is 19.4 Å². The lowest BCUT2D eigenvalue weighted by Crippen LogP contribution is -2.19. The molecule has 0 radical (unpaired) electrons. The predicted molar refractivity (Wildman–Crippen MR) is 88.5 cm³/mol. The van der Waals surface area contributed by atoms with Gasteiger partial charge in [-0.2, -0.15) is 0 Å². The Hall–Kier alpha value is -3.16. The van der Waals surface area contributed by atoms with Crippen LogP contribution in [0.5, 0.6) is 17.4 Å². The van der Waals surface area contributed by atoms with Crippen LogP contribution < -0.4 is 14.8 Å². The number of dihydropyridines is 1. The van der Waals surface area contributed by atoms with E-state index in [0.29, 0.717) is 29.6 Å².